The summed E-state index contributed by atoms with van der Waals surface area (Å²) in [6.07, 6.45) is 2.86. The maximum absolute atomic E-state index is 11.0. The highest BCUT2D eigenvalue weighted by Crippen LogP contribution is 2.24. The zero-order chi connectivity index (χ0) is 13.7. The number of nitro groups is 1. The third kappa shape index (κ3) is 3.48. The quantitative estimate of drug-likeness (QED) is 0.613. The Hall–Kier alpha value is -1.53. The lowest BCUT2D eigenvalue weighted by molar-refractivity contribution is -0.386. The summed E-state index contributed by atoms with van der Waals surface area (Å²) in [6.45, 7) is 3.90. The van der Waals surface area contributed by atoms with Crippen LogP contribution >= 0.6 is 0 Å². The maximum Gasteiger partial charge on any atom is 0.278 e. The van der Waals surface area contributed by atoms with Gasteiger partial charge in [-0.3, -0.25) is 15.1 Å². The summed E-state index contributed by atoms with van der Waals surface area (Å²) in [6, 6.07) is -0.0726. The molecule has 0 aliphatic rings. The van der Waals surface area contributed by atoms with Crippen LogP contribution in [0.1, 0.15) is 23.2 Å². The first-order valence-corrected chi connectivity index (χ1v) is 5.81. The average molecular weight is 253 g/mol. The van der Waals surface area contributed by atoms with Crippen LogP contribution in [0.3, 0.4) is 0 Å². The smallest absolute Gasteiger partial charge is 0.278 e. The summed E-state index contributed by atoms with van der Waals surface area (Å²) in [5.41, 5.74) is 7.93. The van der Waals surface area contributed by atoms with Gasteiger partial charge in [0.15, 0.2) is 0 Å². The van der Waals surface area contributed by atoms with E-state index in [9.17, 15) is 10.1 Å². The van der Waals surface area contributed by atoms with Gasteiger partial charge in [-0.2, -0.15) is 0 Å². The number of hydrogen-bond acceptors (Lipinski definition) is 5. The number of ether oxygens (including phenoxy) is 1. The van der Waals surface area contributed by atoms with Crippen molar-refractivity contribution < 1.29 is 9.66 Å². The predicted molar refractivity (Wildman–Crippen MR) is 68.5 cm³/mol. The summed E-state index contributed by atoms with van der Waals surface area (Å²) >= 11 is 0. The molecule has 0 aliphatic carbocycles. The summed E-state index contributed by atoms with van der Waals surface area (Å²) in [4.78, 5) is 14.9. The van der Waals surface area contributed by atoms with E-state index in [-0.39, 0.29) is 16.7 Å². The lowest BCUT2D eigenvalue weighted by atomic mass is 10.0. The first kappa shape index (κ1) is 14.5. The van der Waals surface area contributed by atoms with Crippen molar-refractivity contribution in [3.05, 3.63) is 33.1 Å². The predicted octanol–water partition coefficient (Wildman–Crippen LogP) is 1.51. The molecule has 0 radical (unpaired) electrons. The number of rotatable bonds is 6. The number of nitrogens with two attached hydrogens (primary N) is 1. The Morgan fingerprint density at radius 1 is 1.56 bits per heavy atom. The fourth-order valence-corrected chi connectivity index (χ4v) is 1.92. The molecular formula is C12H19N3O3. The van der Waals surface area contributed by atoms with E-state index in [0.29, 0.717) is 30.6 Å². The van der Waals surface area contributed by atoms with Gasteiger partial charge in [0, 0.05) is 30.5 Å². The van der Waals surface area contributed by atoms with Crippen molar-refractivity contribution in [2.75, 3.05) is 13.7 Å². The molecule has 1 rings (SSSR count). The topological polar surface area (TPSA) is 91.3 Å². The second-order valence-electron chi connectivity index (χ2n) is 4.37. The Bertz CT molecular complexity index is 435. The number of methoxy groups -OCH3 is 1. The van der Waals surface area contributed by atoms with E-state index < -0.39 is 0 Å². The van der Waals surface area contributed by atoms with E-state index in [4.69, 9.17) is 10.5 Å². The Kier molecular flexibility index (Phi) is 5.18. The van der Waals surface area contributed by atoms with Crippen molar-refractivity contribution in [3.8, 4) is 0 Å². The number of hydrogen-bond donors (Lipinski definition) is 1. The van der Waals surface area contributed by atoms with Gasteiger partial charge in [-0.05, 0) is 26.7 Å². The van der Waals surface area contributed by atoms with Crippen LogP contribution in [0.4, 0.5) is 5.69 Å². The van der Waals surface area contributed by atoms with Crippen LogP contribution < -0.4 is 5.73 Å². The highest BCUT2D eigenvalue weighted by Gasteiger charge is 2.18. The zero-order valence-corrected chi connectivity index (χ0v) is 11.0. The fraction of sp³-hybridized carbons (Fsp3) is 0.583. The van der Waals surface area contributed by atoms with Crippen LogP contribution in [-0.2, 0) is 11.2 Å². The Morgan fingerprint density at radius 2 is 2.22 bits per heavy atom. The molecule has 1 aromatic heterocycles. The Labute approximate surface area is 106 Å². The van der Waals surface area contributed by atoms with Crippen molar-refractivity contribution in [3.63, 3.8) is 0 Å². The second kappa shape index (κ2) is 6.42. The first-order valence-electron chi connectivity index (χ1n) is 5.81. The molecule has 100 valence electrons. The molecule has 1 atom stereocenters. The van der Waals surface area contributed by atoms with Gasteiger partial charge in [-0.25, -0.2) is 0 Å². The molecule has 1 heterocycles. The third-order valence-electron chi connectivity index (χ3n) is 2.89. The van der Waals surface area contributed by atoms with Crippen LogP contribution in [0.15, 0.2) is 6.20 Å². The molecule has 2 N–H and O–H groups in total. The van der Waals surface area contributed by atoms with Gasteiger partial charge in [0.2, 0.25) is 0 Å². The van der Waals surface area contributed by atoms with E-state index in [1.165, 1.54) is 0 Å². The van der Waals surface area contributed by atoms with Gasteiger partial charge in [0.25, 0.3) is 5.69 Å². The molecule has 1 unspecified atom stereocenters. The van der Waals surface area contributed by atoms with Gasteiger partial charge in [0.05, 0.1) is 17.2 Å². The van der Waals surface area contributed by atoms with Crippen LogP contribution in [0.2, 0.25) is 0 Å². The maximum atomic E-state index is 11.0. The lowest BCUT2D eigenvalue weighted by Crippen LogP contribution is -2.26. The normalized spacial score (nSPS) is 12.4. The van der Waals surface area contributed by atoms with Crippen LogP contribution in [0.25, 0.3) is 0 Å². The molecule has 6 nitrogen and oxygen atoms in total. The first-order chi connectivity index (χ1) is 8.47. The van der Waals surface area contributed by atoms with E-state index in [2.05, 4.69) is 4.98 Å². The molecule has 0 bridgehead atoms. The largest absolute Gasteiger partial charge is 0.383 e. The summed E-state index contributed by atoms with van der Waals surface area (Å²) in [5, 5.41) is 11.0. The molecule has 0 spiro atoms. The van der Waals surface area contributed by atoms with Crippen LogP contribution in [-0.4, -0.2) is 29.7 Å². The minimum Gasteiger partial charge on any atom is -0.383 e. The molecule has 0 aromatic carbocycles. The molecule has 1 aromatic rings. The number of aromatic nitrogens is 1. The minimum atomic E-state index is -0.356. The Morgan fingerprint density at radius 3 is 2.78 bits per heavy atom. The summed E-state index contributed by atoms with van der Waals surface area (Å²) < 4.78 is 4.95. The number of aryl methyl sites for hydroxylation is 2. The summed E-state index contributed by atoms with van der Waals surface area (Å²) in [7, 11) is 1.60. The fourth-order valence-electron chi connectivity index (χ4n) is 1.92. The van der Waals surface area contributed by atoms with Crippen molar-refractivity contribution in [2.45, 2.75) is 32.7 Å². The molecule has 0 saturated carbocycles. The minimum absolute atomic E-state index is 0.0726. The standard InChI is InChI=1S/C12H19N3O3/c1-8-6-14-11(5-4-10(13)7-18-3)9(2)12(8)15(16)17/h6,10H,4-5,7,13H2,1-3H3. The van der Waals surface area contributed by atoms with Crippen molar-refractivity contribution in [2.24, 2.45) is 5.73 Å². The van der Waals surface area contributed by atoms with E-state index in [1.807, 2.05) is 0 Å². The highest BCUT2D eigenvalue weighted by molar-refractivity contribution is 5.47. The number of nitrogens with zero attached hydrogens (tertiary/aromatic N) is 2. The van der Waals surface area contributed by atoms with E-state index in [1.54, 1.807) is 27.2 Å². The SMILES string of the molecule is COCC(N)CCc1ncc(C)c([N+](=O)[O-])c1C. The highest BCUT2D eigenvalue weighted by atomic mass is 16.6. The molecule has 0 saturated heterocycles. The van der Waals surface area contributed by atoms with Crippen molar-refractivity contribution in [1.29, 1.82) is 0 Å². The van der Waals surface area contributed by atoms with Gasteiger partial charge in [0.1, 0.15) is 0 Å². The van der Waals surface area contributed by atoms with Gasteiger partial charge >= 0.3 is 0 Å². The molecule has 0 amide bonds. The molecule has 0 aliphatic heterocycles. The van der Waals surface area contributed by atoms with Gasteiger partial charge < -0.3 is 10.5 Å². The van der Waals surface area contributed by atoms with E-state index in [0.717, 1.165) is 5.69 Å². The Balaban J connectivity index is 2.85. The average Bonchev–Trinajstić information content (AvgIpc) is 2.28. The third-order valence-corrected chi connectivity index (χ3v) is 2.89. The molecular weight excluding hydrogens is 234 g/mol. The van der Waals surface area contributed by atoms with E-state index >= 15 is 0 Å². The zero-order valence-electron chi connectivity index (χ0n) is 11.0. The summed E-state index contributed by atoms with van der Waals surface area (Å²) in [5.74, 6) is 0. The van der Waals surface area contributed by atoms with Gasteiger partial charge in [-0.1, -0.05) is 0 Å². The lowest BCUT2D eigenvalue weighted by Gasteiger charge is -2.11. The second-order valence-corrected chi connectivity index (χ2v) is 4.37. The van der Waals surface area contributed by atoms with Crippen LogP contribution in [0, 0.1) is 24.0 Å². The monoisotopic (exact) mass is 253 g/mol. The van der Waals surface area contributed by atoms with Crippen molar-refractivity contribution >= 4 is 5.69 Å². The molecule has 18 heavy (non-hydrogen) atoms. The van der Waals surface area contributed by atoms with Crippen molar-refractivity contribution in [1.82, 2.24) is 4.98 Å². The molecule has 0 fully saturated rings. The number of pyridine rings is 1. The molecule has 6 heteroatoms. The van der Waals surface area contributed by atoms with Gasteiger partial charge in [-0.15, -0.1) is 0 Å². The van der Waals surface area contributed by atoms with Crippen LogP contribution in [0.5, 0.6) is 0 Å².